The zero-order chi connectivity index (χ0) is 30.2. The van der Waals surface area contributed by atoms with Crippen LogP contribution in [0.4, 0.5) is 5.69 Å². The molecule has 5 rings (SSSR count). The number of furan rings is 1. The minimum Gasteiger partial charge on any atom is -0.507 e. The number of halogens is 1. The van der Waals surface area contributed by atoms with E-state index in [9.17, 15) is 15.0 Å². The van der Waals surface area contributed by atoms with E-state index in [4.69, 9.17) is 21.1 Å². The van der Waals surface area contributed by atoms with Crippen molar-refractivity contribution in [2.45, 2.75) is 59.6 Å². The van der Waals surface area contributed by atoms with E-state index in [1.807, 2.05) is 50.4 Å². The predicted molar refractivity (Wildman–Crippen MR) is 169 cm³/mol. The molecular weight excluding hydrogens is 558 g/mol. The van der Waals surface area contributed by atoms with Gasteiger partial charge in [0.15, 0.2) is 0 Å². The van der Waals surface area contributed by atoms with Gasteiger partial charge < -0.3 is 24.0 Å². The number of carboxylic acids is 1. The van der Waals surface area contributed by atoms with Gasteiger partial charge in [-0.3, -0.25) is 4.79 Å². The molecule has 0 fully saturated rings. The van der Waals surface area contributed by atoms with E-state index in [2.05, 4.69) is 17.3 Å². The van der Waals surface area contributed by atoms with E-state index in [0.717, 1.165) is 45.0 Å². The summed E-state index contributed by atoms with van der Waals surface area (Å²) in [7, 11) is 0. The van der Waals surface area contributed by atoms with Crippen LogP contribution in [0.25, 0.3) is 33.6 Å². The molecule has 1 aliphatic rings. The second kappa shape index (κ2) is 11.8. The first-order valence-corrected chi connectivity index (χ1v) is 14.9. The van der Waals surface area contributed by atoms with E-state index >= 15 is 0 Å². The van der Waals surface area contributed by atoms with Crippen LogP contribution >= 0.6 is 23.5 Å². The fraction of sp³-hybridized carbons (Fsp3) is 0.303. The molecule has 0 aliphatic carbocycles. The molecule has 0 spiro atoms. The van der Waals surface area contributed by atoms with E-state index in [0.29, 0.717) is 21.7 Å². The van der Waals surface area contributed by atoms with Crippen LogP contribution in [0.5, 0.6) is 5.75 Å². The Morgan fingerprint density at radius 2 is 1.66 bits per heavy atom. The zero-order valence-corrected chi connectivity index (χ0v) is 25.9. The van der Waals surface area contributed by atoms with Crippen molar-refractivity contribution in [2.24, 2.45) is 0 Å². The molecule has 0 amide bonds. The van der Waals surface area contributed by atoms with Crippen molar-refractivity contribution in [1.82, 2.24) is 0 Å². The van der Waals surface area contributed by atoms with Gasteiger partial charge in [0.05, 0.1) is 23.8 Å². The molecule has 1 aromatic heterocycles. The Balaban J connectivity index is 0.000000714. The average Bonchev–Trinajstić information content (AvgIpc) is 3.33. The Kier molecular flexibility index (Phi) is 8.83. The van der Waals surface area contributed by atoms with Gasteiger partial charge in [-0.2, -0.15) is 0 Å². The number of benzene rings is 3. The number of rotatable bonds is 5. The third kappa shape index (κ3) is 6.27. The van der Waals surface area contributed by atoms with E-state index in [1.54, 1.807) is 44.9 Å². The number of phenolic OH excluding ortho intramolecular Hbond substituents is 1. The van der Waals surface area contributed by atoms with Crippen molar-refractivity contribution < 1.29 is 24.5 Å². The highest BCUT2D eigenvalue weighted by molar-refractivity contribution is 8.00. The molecule has 1 aliphatic heterocycles. The van der Waals surface area contributed by atoms with Crippen molar-refractivity contribution in [3.05, 3.63) is 82.1 Å². The lowest BCUT2D eigenvalue weighted by atomic mass is 9.81. The van der Waals surface area contributed by atoms with Crippen LogP contribution in [0.3, 0.4) is 0 Å². The van der Waals surface area contributed by atoms with Crippen molar-refractivity contribution in [3.63, 3.8) is 0 Å². The highest BCUT2D eigenvalue weighted by Crippen LogP contribution is 2.55. The lowest BCUT2D eigenvalue weighted by molar-refractivity contribution is -0.136. The SMILES string of the molecule is CC(C)(C)O.CSN1c2c(C)c(CC(=O)O)c(-c3ccc(Cl)cc3O)c(C)c2-c2cc(-c3ccccc3)oc2C1C. The summed E-state index contributed by atoms with van der Waals surface area (Å²) in [6.45, 7) is 11.3. The van der Waals surface area contributed by atoms with Crippen molar-refractivity contribution >= 4 is 35.2 Å². The Bertz CT molecular complexity index is 1580. The fourth-order valence-electron chi connectivity index (χ4n) is 5.31. The number of phenols is 1. The van der Waals surface area contributed by atoms with Crippen molar-refractivity contribution in [3.8, 4) is 39.3 Å². The van der Waals surface area contributed by atoms with Gasteiger partial charge in [-0.15, -0.1) is 0 Å². The molecule has 41 heavy (non-hydrogen) atoms. The number of hydrogen-bond donors (Lipinski definition) is 3. The summed E-state index contributed by atoms with van der Waals surface area (Å²) >= 11 is 7.70. The quantitative estimate of drug-likeness (QED) is 0.199. The van der Waals surface area contributed by atoms with Crippen LogP contribution in [0.15, 0.2) is 59.0 Å². The Hall–Kier alpha value is -3.39. The molecule has 216 valence electrons. The topological polar surface area (TPSA) is 94.1 Å². The standard InChI is InChI=1S/C29H26ClNO4S.C4H10O/c1-15-21(14-25(33)34)26(20-11-10-19(30)12-23(20)32)16(2)27-22-13-24(18-8-6-5-7-9-18)35-29(22)17(3)31(36-4)28(15)27;1-4(2,3)5/h5-13,17,32H,14H2,1-4H3,(H,33,34);5H,1-3H3. The van der Waals surface area contributed by atoms with Crippen LogP contribution in [-0.2, 0) is 11.2 Å². The maximum Gasteiger partial charge on any atom is 0.307 e. The molecule has 0 saturated heterocycles. The first-order valence-electron chi connectivity index (χ1n) is 13.3. The number of aromatic hydroxyl groups is 1. The minimum absolute atomic E-state index is 0.0138. The van der Waals surface area contributed by atoms with Gasteiger partial charge in [0, 0.05) is 33.5 Å². The minimum atomic E-state index is -0.929. The summed E-state index contributed by atoms with van der Waals surface area (Å²) in [5.41, 5.74) is 7.15. The average molecular weight is 594 g/mol. The Labute approximate surface area is 250 Å². The summed E-state index contributed by atoms with van der Waals surface area (Å²) in [5.74, 6) is 0.723. The Morgan fingerprint density at radius 3 is 2.22 bits per heavy atom. The number of nitrogens with zero attached hydrogens (tertiary/aromatic N) is 1. The van der Waals surface area contributed by atoms with Crippen LogP contribution in [0, 0.1) is 13.8 Å². The normalized spacial score (nSPS) is 14.2. The molecule has 2 heterocycles. The summed E-state index contributed by atoms with van der Waals surface area (Å²) in [6, 6.07) is 16.9. The van der Waals surface area contributed by atoms with E-state index in [1.165, 1.54) is 6.07 Å². The van der Waals surface area contributed by atoms with Crippen molar-refractivity contribution in [1.29, 1.82) is 0 Å². The van der Waals surface area contributed by atoms with E-state index < -0.39 is 11.6 Å². The Morgan fingerprint density at radius 1 is 1.02 bits per heavy atom. The van der Waals surface area contributed by atoms with Gasteiger partial charge in [0.2, 0.25) is 0 Å². The molecule has 1 unspecified atom stereocenters. The fourth-order valence-corrected chi connectivity index (χ4v) is 6.30. The maximum atomic E-state index is 12.0. The molecule has 8 heteroatoms. The molecule has 6 nitrogen and oxygen atoms in total. The van der Waals surface area contributed by atoms with Crippen LogP contribution < -0.4 is 4.31 Å². The number of aliphatic carboxylic acids is 1. The lowest BCUT2D eigenvalue weighted by Gasteiger charge is -2.37. The van der Waals surface area contributed by atoms with Crippen LogP contribution in [-0.4, -0.2) is 33.1 Å². The third-order valence-corrected chi connectivity index (χ3v) is 8.02. The number of aliphatic hydroxyl groups is 1. The summed E-state index contributed by atoms with van der Waals surface area (Å²) in [5, 5.41) is 29.6. The number of anilines is 1. The number of carboxylic acid groups (broad SMARTS) is 1. The first kappa shape index (κ1) is 30.6. The second-order valence-electron chi connectivity index (χ2n) is 11.2. The maximum absolute atomic E-state index is 12.0. The highest BCUT2D eigenvalue weighted by Gasteiger charge is 2.37. The van der Waals surface area contributed by atoms with Gasteiger partial charge >= 0.3 is 5.97 Å². The van der Waals surface area contributed by atoms with Gasteiger partial charge in [-0.1, -0.05) is 53.9 Å². The van der Waals surface area contributed by atoms with Gasteiger partial charge in [-0.25, -0.2) is 0 Å². The first-order chi connectivity index (χ1) is 19.2. The van der Waals surface area contributed by atoms with Crippen molar-refractivity contribution in [2.75, 3.05) is 10.6 Å². The summed E-state index contributed by atoms with van der Waals surface area (Å²) in [4.78, 5) is 12.0. The smallest absolute Gasteiger partial charge is 0.307 e. The molecule has 0 radical (unpaired) electrons. The van der Waals surface area contributed by atoms with Gasteiger partial charge in [0.25, 0.3) is 0 Å². The monoisotopic (exact) mass is 593 g/mol. The highest BCUT2D eigenvalue weighted by atomic mass is 35.5. The molecule has 4 aromatic rings. The predicted octanol–water partition coefficient (Wildman–Crippen LogP) is 8.82. The summed E-state index contributed by atoms with van der Waals surface area (Å²) < 4.78 is 8.64. The van der Waals surface area contributed by atoms with Crippen LogP contribution in [0.2, 0.25) is 5.02 Å². The second-order valence-corrected chi connectivity index (χ2v) is 12.4. The molecule has 0 bridgehead atoms. The third-order valence-electron chi connectivity index (χ3n) is 6.89. The molecular formula is C33H36ClNO5S. The molecule has 1 atom stereocenters. The zero-order valence-electron chi connectivity index (χ0n) is 24.4. The van der Waals surface area contributed by atoms with Gasteiger partial charge in [0.1, 0.15) is 17.3 Å². The largest absolute Gasteiger partial charge is 0.507 e. The molecule has 3 N–H and O–H groups in total. The summed E-state index contributed by atoms with van der Waals surface area (Å²) in [6.07, 6.45) is 1.85. The molecule has 0 saturated carbocycles. The van der Waals surface area contributed by atoms with Crippen LogP contribution in [0.1, 0.15) is 56.2 Å². The van der Waals surface area contributed by atoms with Gasteiger partial charge in [-0.05, 0) is 88.1 Å². The number of hydrogen-bond acceptors (Lipinski definition) is 6. The number of fused-ring (bicyclic) bond motifs is 3. The molecule has 3 aromatic carbocycles. The van der Waals surface area contributed by atoms with E-state index in [-0.39, 0.29) is 18.2 Å². The number of carbonyl (C=O) groups is 1. The lowest BCUT2D eigenvalue weighted by Crippen LogP contribution is -2.25.